The van der Waals surface area contributed by atoms with Gasteiger partial charge in [-0.3, -0.25) is 0 Å². The van der Waals surface area contributed by atoms with Crippen molar-refractivity contribution in [2.24, 2.45) is 5.92 Å². The Labute approximate surface area is 107 Å². The molecule has 0 saturated heterocycles. The second-order valence-corrected chi connectivity index (χ2v) is 5.31. The molecular formula is C12H21N5O. The van der Waals surface area contributed by atoms with Crippen LogP contribution >= 0.6 is 0 Å². The van der Waals surface area contributed by atoms with E-state index in [4.69, 9.17) is 5.73 Å². The molecule has 0 spiro atoms. The molecule has 0 bridgehead atoms. The minimum atomic E-state index is -0.313. The molecular weight excluding hydrogens is 230 g/mol. The fraction of sp³-hybridized carbons (Fsp3) is 0.750. The third-order valence-electron chi connectivity index (χ3n) is 3.68. The summed E-state index contributed by atoms with van der Waals surface area (Å²) in [6.07, 6.45) is 4.06. The van der Waals surface area contributed by atoms with E-state index in [2.05, 4.69) is 27.2 Å². The van der Waals surface area contributed by atoms with Gasteiger partial charge >= 0.3 is 0 Å². The Morgan fingerprint density at radius 1 is 1.33 bits per heavy atom. The SMILES string of the molecule is Cc1nc(N)nc(NC2(CO)CCC(C)CC2)n1. The number of nitrogens with one attached hydrogen (secondary N) is 1. The molecule has 1 aliphatic carbocycles. The molecule has 0 aromatic carbocycles. The van der Waals surface area contributed by atoms with Crippen LogP contribution in [0.25, 0.3) is 0 Å². The maximum atomic E-state index is 9.66. The summed E-state index contributed by atoms with van der Waals surface area (Å²) in [5.41, 5.74) is 5.29. The number of rotatable bonds is 3. The standard InChI is InChI=1S/C12H21N5O/c1-8-3-5-12(7-18,6-4-8)17-11-15-9(2)14-10(13)16-11/h8,18H,3-7H2,1-2H3,(H3,13,14,15,16,17). The van der Waals surface area contributed by atoms with Crippen LogP contribution in [0.15, 0.2) is 0 Å². The highest BCUT2D eigenvalue weighted by Gasteiger charge is 2.34. The second-order valence-electron chi connectivity index (χ2n) is 5.31. The van der Waals surface area contributed by atoms with Crippen molar-refractivity contribution >= 4 is 11.9 Å². The van der Waals surface area contributed by atoms with E-state index in [-0.39, 0.29) is 18.1 Å². The Balaban J connectivity index is 2.14. The monoisotopic (exact) mass is 251 g/mol. The average Bonchev–Trinajstić information content (AvgIpc) is 2.31. The number of hydrogen-bond donors (Lipinski definition) is 3. The smallest absolute Gasteiger partial charge is 0.228 e. The Kier molecular flexibility index (Phi) is 3.65. The summed E-state index contributed by atoms with van der Waals surface area (Å²) < 4.78 is 0. The molecule has 0 radical (unpaired) electrons. The van der Waals surface area contributed by atoms with Gasteiger partial charge < -0.3 is 16.2 Å². The van der Waals surface area contributed by atoms with Crippen LogP contribution in [0.4, 0.5) is 11.9 Å². The highest BCUT2D eigenvalue weighted by atomic mass is 16.3. The lowest BCUT2D eigenvalue weighted by Crippen LogP contribution is -2.45. The molecule has 1 aromatic heterocycles. The summed E-state index contributed by atoms with van der Waals surface area (Å²) in [7, 11) is 0. The van der Waals surface area contributed by atoms with Gasteiger partial charge in [-0.1, -0.05) is 6.92 Å². The normalized spacial score (nSPS) is 28.1. The molecule has 2 rings (SSSR count). The molecule has 1 aliphatic rings. The van der Waals surface area contributed by atoms with Gasteiger partial charge in [0.25, 0.3) is 0 Å². The molecule has 1 aromatic rings. The minimum absolute atomic E-state index is 0.0877. The first kappa shape index (κ1) is 13.0. The zero-order valence-electron chi connectivity index (χ0n) is 11.0. The number of nitrogen functional groups attached to an aromatic ring is 1. The number of anilines is 2. The number of nitrogens with zero attached hydrogens (tertiary/aromatic N) is 3. The summed E-state index contributed by atoms with van der Waals surface area (Å²) in [4.78, 5) is 12.2. The van der Waals surface area contributed by atoms with E-state index in [9.17, 15) is 5.11 Å². The van der Waals surface area contributed by atoms with E-state index in [0.29, 0.717) is 11.8 Å². The molecule has 1 saturated carbocycles. The molecule has 6 nitrogen and oxygen atoms in total. The van der Waals surface area contributed by atoms with Gasteiger partial charge in [0, 0.05) is 0 Å². The van der Waals surface area contributed by atoms with Gasteiger partial charge in [0.05, 0.1) is 12.1 Å². The van der Waals surface area contributed by atoms with E-state index >= 15 is 0 Å². The molecule has 18 heavy (non-hydrogen) atoms. The number of aliphatic hydroxyl groups excluding tert-OH is 1. The zero-order chi connectivity index (χ0) is 13.2. The predicted octanol–water partition coefficient (Wildman–Crippen LogP) is 1.12. The number of nitrogens with two attached hydrogens (primary N) is 1. The highest BCUT2D eigenvalue weighted by Crippen LogP contribution is 2.33. The second kappa shape index (κ2) is 5.06. The maximum Gasteiger partial charge on any atom is 0.228 e. The van der Waals surface area contributed by atoms with Crippen LogP contribution in [-0.2, 0) is 0 Å². The van der Waals surface area contributed by atoms with E-state index < -0.39 is 0 Å². The van der Waals surface area contributed by atoms with Gasteiger partial charge in [-0.15, -0.1) is 0 Å². The van der Waals surface area contributed by atoms with Crippen molar-refractivity contribution < 1.29 is 5.11 Å². The molecule has 6 heteroatoms. The minimum Gasteiger partial charge on any atom is -0.394 e. The Morgan fingerprint density at radius 3 is 2.56 bits per heavy atom. The van der Waals surface area contributed by atoms with Gasteiger partial charge in [0.2, 0.25) is 11.9 Å². The number of hydrogen-bond acceptors (Lipinski definition) is 6. The lowest BCUT2D eigenvalue weighted by Gasteiger charge is -2.38. The van der Waals surface area contributed by atoms with Crippen molar-refractivity contribution in [3.8, 4) is 0 Å². The summed E-state index contributed by atoms with van der Waals surface area (Å²) >= 11 is 0. The predicted molar refractivity (Wildman–Crippen MR) is 70.0 cm³/mol. The molecule has 1 heterocycles. The molecule has 4 N–H and O–H groups in total. The molecule has 100 valence electrons. The molecule has 0 unspecified atom stereocenters. The van der Waals surface area contributed by atoms with Crippen molar-refractivity contribution in [3.63, 3.8) is 0 Å². The van der Waals surface area contributed by atoms with Crippen LogP contribution < -0.4 is 11.1 Å². The first-order valence-electron chi connectivity index (χ1n) is 6.40. The first-order chi connectivity index (χ1) is 8.53. The summed E-state index contributed by atoms with van der Waals surface area (Å²) in [6.45, 7) is 4.11. The fourth-order valence-electron chi connectivity index (χ4n) is 2.43. The van der Waals surface area contributed by atoms with Gasteiger partial charge in [-0.25, -0.2) is 0 Å². The van der Waals surface area contributed by atoms with E-state index in [1.807, 2.05) is 0 Å². The van der Waals surface area contributed by atoms with Crippen LogP contribution in [0.2, 0.25) is 0 Å². The summed E-state index contributed by atoms with van der Waals surface area (Å²) in [5, 5.41) is 12.9. The van der Waals surface area contributed by atoms with E-state index in [0.717, 1.165) is 31.6 Å². The Bertz CT molecular complexity index is 395. The van der Waals surface area contributed by atoms with Gasteiger partial charge in [0.15, 0.2) is 0 Å². The van der Waals surface area contributed by atoms with Crippen molar-refractivity contribution in [1.29, 1.82) is 0 Å². The van der Waals surface area contributed by atoms with Gasteiger partial charge in [-0.2, -0.15) is 15.0 Å². The first-order valence-corrected chi connectivity index (χ1v) is 6.40. The Morgan fingerprint density at radius 2 is 2.00 bits per heavy atom. The van der Waals surface area contributed by atoms with Crippen LogP contribution in [0.5, 0.6) is 0 Å². The Hall–Kier alpha value is -1.43. The summed E-state index contributed by atoms with van der Waals surface area (Å²) in [6, 6.07) is 0. The van der Waals surface area contributed by atoms with Crippen molar-refractivity contribution in [2.45, 2.75) is 45.1 Å². The van der Waals surface area contributed by atoms with Gasteiger partial charge in [0.1, 0.15) is 5.82 Å². The number of aryl methyl sites for hydroxylation is 1. The van der Waals surface area contributed by atoms with Crippen molar-refractivity contribution in [2.75, 3.05) is 17.7 Å². The number of aliphatic hydroxyl groups is 1. The molecule has 0 aliphatic heterocycles. The van der Waals surface area contributed by atoms with Crippen LogP contribution in [0.1, 0.15) is 38.4 Å². The molecule has 1 fully saturated rings. The van der Waals surface area contributed by atoms with Crippen LogP contribution in [0.3, 0.4) is 0 Å². The third kappa shape index (κ3) is 2.87. The lowest BCUT2D eigenvalue weighted by atomic mass is 9.77. The summed E-state index contributed by atoms with van der Waals surface area (Å²) in [5.74, 6) is 1.98. The third-order valence-corrected chi connectivity index (χ3v) is 3.68. The zero-order valence-corrected chi connectivity index (χ0v) is 11.0. The molecule has 0 atom stereocenters. The average molecular weight is 251 g/mol. The fourth-order valence-corrected chi connectivity index (χ4v) is 2.43. The lowest BCUT2D eigenvalue weighted by molar-refractivity contribution is 0.154. The highest BCUT2D eigenvalue weighted by molar-refractivity contribution is 5.34. The topological polar surface area (TPSA) is 97.0 Å². The van der Waals surface area contributed by atoms with Crippen LogP contribution in [-0.4, -0.2) is 32.2 Å². The van der Waals surface area contributed by atoms with Crippen molar-refractivity contribution in [3.05, 3.63) is 5.82 Å². The molecule has 0 amide bonds. The van der Waals surface area contributed by atoms with Gasteiger partial charge in [-0.05, 0) is 38.5 Å². The number of aromatic nitrogens is 3. The largest absolute Gasteiger partial charge is 0.394 e. The quantitative estimate of drug-likeness (QED) is 0.744. The van der Waals surface area contributed by atoms with Crippen molar-refractivity contribution in [1.82, 2.24) is 15.0 Å². The van der Waals surface area contributed by atoms with Crippen LogP contribution in [0, 0.1) is 12.8 Å². The maximum absolute atomic E-state index is 9.66. The van der Waals surface area contributed by atoms with E-state index in [1.165, 1.54) is 0 Å². The van der Waals surface area contributed by atoms with E-state index in [1.54, 1.807) is 6.92 Å².